The summed E-state index contributed by atoms with van der Waals surface area (Å²) in [5.41, 5.74) is 2.49. The van der Waals surface area contributed by atoms with E-state index in [1.807, 2.05) is 49.4 Å². The van der Waals surface area contributed by atoms with Gasteiger partial charge in [0.05, 0.1) is 5.69 Å². The Kier molecular flexibility index (Phi) is 4.79. The molecule has 0 saturated heterocycles. The van der Waals surface area contributed by atoms with E-state index in [0.29, 0.717) is 0 Å². The van der Waals surface area contributed by atoms with E-state index >= 15 is 0 Å². The average molecular weight is 325 g/mol. The summed E-state index contributed by atoms with van der Waals surface area (Å²) in [6.45, 7) is 1.88. The molecule has 0 amide bonds. The second-order valence-corrected chi connectivity index (χ2v) is 4.77. The number of rotatable bonds is 2. The molecule has 0 spiro atoms. The molecule has 0 heterocycles. The Balaban J connectivity index is 0.00000161. The van der Waals surface area contributed by atoms with Crippen LogP contribution in [0.25, 0.3) is 10.8 Å². The second kappa shape index (κ2) is 6.57. The van der Waals surface area contributed by atoms with Crippen LogP contribution in [-0.4, -0.2) is 11.3 Å². The van der Waals surface area contributed by atoms with E-state index in [9.17, 15) is 5.11 Å². The summed E-state index contributed by atoms with van der Waals surface area (Å²) in [5, 5.41) is 12.3. The van der Waals surface area contributed by atoms with Crippen molar-refractivity contribution in [3.05, 3.63) is 71.8 Å². The molecule has 1 N–H and O–H groups in total. The fraction of sp³-hybridized carbons (Fsp3) is 0.0556. The molecule has 3 heteroatoms. The molecule has 0 fully saturated rings. The molecule has 0 aliphatic heterocycles. The van der Waals surface area contributed by atoms with Gasteiger partial charge < -0.3 is 5.11 Å². The van der Waals surface area contributed by atoms with E-state index in [4.69, 9.17) is 0 Å². The molecule has 21 heavy (non-hydrogen) atoms. The van der Waals surface area contributed by atoms with Crippen molar-refractivity contribution in [3.63, 3.8) is 0 Å². The number of aromatic hydroxyl groups is 1. The van der Waals surface area contributed by atoms with Crippen LogP contribution in [0.15, 0.2) is 65.7 Å². The maximum Gasteiger partial charge on any atom is 0.127 e. The van der Waals surface area contributed by atoms with Crippen LogP contribution in [-0.2, 0) is 17.1 Å². The zero-order chi connectivity index (χ0) is 13.9. The fourth-order valence-corrected chi connectivity index (χ4v) is 2.25. The van der Waals surface area contributed by atoms with Crippen molar-refractivity contribution in [1.29, 1.82) is 0 Å². The van der Waals surface area contributed by atoms with E-state index < -0.39 is 0 Å². The standard InChI is InChI=1S/C18H15NO.Cu/c1-13-6-4-9-15(18(13)20)12-19-17-11-5-8-14-7-2-3-10-16(14)17;/h2-12,20H,1H3;. The van der Waals surface area contributed by atoms with Gasteiger partial charge in [0.15, 0.2) is 0 Å². The molecular weight excluding hydrogens is 310 g/mol. The molecule has 0 atom stereocenters. The minimum atomic E-state index is 0. The molecule has 0 aromatic heterocycles. The Morgan fingerprint density at radius 1 is 0.905 bits per heavy atom. The maximum atomic E-state index is 10.00. The molecule has 3 rings (SSSR count). The first-order valence-electron chi connectivity index (χ1n) is 6.56. The Morgan fingerprint density at radius 2 is 1.62 bits per heavy atom. The summed E-state index contributed by atoms with van der Waals surface area (Å²) in [7, 11) is 0. The number of fused-ring (bicyclic) bond motifs is 1. The minimum Gasteiger partial charge on any atom is -0.507 e. The molecule has 0 unspecified atom stereocenters. The van der Waals surface area contributed by atoms with E-state index in [1.54, 1.807) is 6.21 Å². The van der Waals surface area contributed by atoms with Crippen molar-refractivity contribution in [3.8, 4) is 5.75 Å². The van der Waals surface area contributed by atoms with Gasteiger partial charge in [-0.3, -0.25) is 4.99 Å². The van der Waals surface area contributed by atoms with Gasteiger partial charge in [-0.15, -0.1) is 0 Å². The van der Waals surface area contributed by atoms with Crippen molar-refractivity contribution < 1.29 is 22.2 Å². The molecule has 0 aliphatic rings. The molecule has 0 bridgehead atoms. The Morgan fingerprint density at radius 3 is 2.48 bits per heavy atom. The smallest absolute Gasteiger partial charge is 0.127 e. The quantitative estimate of drug-likeness (QED) is 0.542. The van der Waals surface area contributed by atoms with Crippen LogP contribution < -0.4 is 0 Å². The van der Waals surface area contributed by atoms with Crippen molar-refractivity contribution in [2.45, 2.75) is 6.92 Å². The topological polar surface area (TPSA) is 32.6 Å². The van der Waals surface area contributed by atoms with Crippen LogP contribution in [0, 0.1) is 6.92 Å². The van der Waals surface area contributed by atoms with Crippen LogP contribution in [0.4, 0.5) is 5.69 Å². The number of phenols is 1. The molecule has 109 valence electrons. The van der Waals surface area contributed by atoms with Gasteiger partial charge in [0.25, 0.3) is 0 Å². The van der Waals surface area contributed by atoms with E-state index in [0.717, 1.165) is 27.6 Å². The van der Waals surface area contributed by atoms with Gasteiger partial charge in [-0.1, -0.05) is 48.5 Å². The number of hydrogen-bond donors (Lipinski definition) is 1. The molecule has 3 aromatic rings. The number of benzene rings is 3. The normalized spacial score (nSPS) is 10.7. The molecule has 2 nitrogen and oxygen atoms in total. The first-order chi connectivity index (χ1) is 9.75. The van der Waals surface area contributed by atoms with Crippen LogP contribution >= 0.6 is 0 Å². The van der Waals surface area contributed by atoms with Gasteiger partial charge in [-0.2, -0.15) is 0 Å². The van der Waals surface area contributed by atoms with Gasteiger partial charge in [0.1, 0.15) is 5.75 Å². The SMILES string of the molecule is Cc1cccc(C=Nc2cccc3ccccc23)c1O.[Cu]. The minimum absolute atomic E-state index is 0. The third-order valence-electron chi connectivity index (χ3n) is 3.38. The van der Waals surface area contributed by atoms with E-state index in [1.165, 1.54) is 0 Å². The van der Waals surface area contributed by atoms with Crippen molar-refractivity contribution in [2.24, 2.45) is 4.99 Å². The Bertz CT molecular complexity index is 791. The number of para-hydroxylation sites is 1. The number of nitrogens with zero attached hydrogens (tertiary/aromatic N) is 1. The Labute approximate surface area is 134 Å². The first kappa shape index (κ1) is 15.3. The number of aliphatic imine (C=N–C) groups is 1. The monoisotopic (exact) mass is 324 g/mol. The van der Waals surface area contributed by atoms with E-state index in [2.05, 4.69) is 23.2 Å². The second-order valence-electron chi connectivity index (χ2n) is 4.77. The van der Waals surface area contributed by atoms with Gasteiger partial charge in [-0.25, -0.2) is 0 Å². The van der Waals surface area contributed by atoms with Crippen LogP contribution in [0.5, 0.6) is 5.75 Å². The third-order valence-corrected chi connectivity index (χ3v) is 3.38. The van der Waals surface area contributed by atoms with Crippen molar-refractivity contribution >= 4 is 22.7 Å². The van der Waals surface area contributed by atoms with Gasteiger partial charge in [0, 0.05) is 34.2 Å². The third kappa shape index (κ3) is 3.15. The van der Waals surface area contributed by atoms with Gasteiger partial charge in [-0.05, 0) is 30.0 Å². The van der Waals surface area contributed by atoms with Gasteiger partial charge >= 0.3 is 0 Å². The average Bonchev–Trinajstić information content (AvgIpc) is 2.49. The summed E-state index contributed by atoms with van der Waals surface area (Å²) in [6.07, 6.45) is 1.71. The fourth-order valence-electron chi connectivity index (χ4n) is 2.25. The summed E-state index contributed by atoms with van der Waals surface area (Å²) in [6, 6.07) is 19.8. The zero-order valence-corrected chi connectivity index (χ0v) is 12.5. The van der Waals surface area contributed by atoms with Crippen molar-refractivity contribution in [2.75, 3.05) is 0 Å². The Hall–Kier alpha value is -2.09. The molecule has 0 aliphatic carbocycles. The predicted molar refractivity (Wildman–Crippen MR) is 84.0 cm³/mol. The van der Waals surface area contributed by atoms with Crippen LogP contribution in [0.2, 0.25) is 0 Å². The van der Waals surface area contributed by atoms with Crippen molar-refractivity contribution in [1.82, 2.24) is 0 Å². The van der Waals surface area contributed by atoms with Gasteiger partial charge in [0.2, 0.25) is 0 Å². The van der Waals surface area contributed by atoms with Crippen LogP contribution in [0.1, 0.15) is 11.1 Å². The van der Waals surface area contributed by atoms with E-state index in [-0.39, 0.29) is 22.8 Å². The largest absolute Gasteiger partial charge is 0.507 e. The zero-order valence-electron chi connectivity index (χ0n) is 11.5. The molecular formula is C18H15CuNO. The summed E-state index contributed by atoms with van der Waals surface area (Å²) >= 11 is 0. The number of aryl methyl sites for hydroxylation is 1. The summed E-state index contributed by atoms with van der Waals surface area (Å²) in [4.78, 5) is 4.52. The number of phenolic OH excluding ortho intramolecular Hbond substituents is 1. The first-order valence-corrected chi connectivity index (χ1v) is 6.56. The molecule has 0 saturated carbocycles. The predicted octanol–water partition coefficient (Wildman–Crippen LogP) is 4.60. The molecule has 1 radical (unpaired) electrons. The maximum absolute atomic E-state index is 10.00. The summed E-state index contributed by atoms with van der Waals surface area (Å²) < 4.78 is 0. The molecule has 3 aromatic carbocycles. The van der Waals surface area contributed by atoms with Crippen LogP contribution in [0.3, 0.4) is 0 Å². The summed E-state index contributed by atoms with van der Waals surface area (Å²) in [5.74, 6) is 0.288. The number of hydrogen-bond acceptors (Lipinski definition) is 2.